The van der Waals surface area contributed by atoms with Crippen molar-refractivity contribution in [1.29, 1.82) is 0 Å². The van der Waals surface area contributed by atoms with Crippen LogP contribution in [-0.4, -0.2) is 33.1 Å². The maximum atomic E-state index is 10.2. The molecule has 0 aliphatic heterocycles. The molecule has 1 atom stereocenters. The second-order valence-electron chi connectivity index (χ2n) is 5.13. The molecule has 1 aromatic heterocycles. The molecule has 2 aromatic rings. The largest absolute Gasteiger partial charge is 0.497 e. The number of aromatic nitrogens is 3. The molecule has 0 radical (unpaired) electrons. The van der Waals surface area contributed by atoms with Gasteiger partial charge in [-0.15, -0.1) is 0 Å². The highest BCUT2D eigenvalue weighted by atomic mass is 16.5. The van der Waals surface area contributed by atoms with Crippen molar-refractivity contribution in [1.82, 2.24) is 14.8 Å². The smallest absolute Gasteiger partial charge is 0.138 e. The first kappa shape index (κ1) is 14.5. The van der Waals surface area contributed by atoms with E-state index in [-0.39, 0.29) is 6.04 Å². The highest BCUT2D eigenvalue weighted by Crippen LogP contribution is 2.15. The van der Waals surface area contributed by atoms with Gasteiger partial charge in [0.05, 0.1) is 13.2 Å². The van der Waals surface area contributed by atoms with Gasteiger partial charge in [-0.25, -0.2) is 9.67 Å². The topological polar surface area (TPSA) is 60.2 Å². The number of hydrogen-bond acceptors (Lipinski definition) is 4. The highest BCUT2D eigenvalue weighted by molar-refractivity contribution is 5.28. The zero-order valence-corrected chi connectivity index (χ0v) is 12.2. The number of methoxy groups -OCH3 is 1. The molecule has 2 rings (SSSR count). The van der Waals surface area contributed by atoms with Crippen molar-refractivity contribution in [2.24, 2.45) is 0 Å². The summed E-state index contributed by atoms with van der Waals surface area (Å²) in [5.74, 6) is 1.62. The van der Waals surface area contributed by atoms with Crippen molar-refractivity contribution < 1.29 is 9.84 Å². The molecule has 0 spiro atoms. The van der Waals surface area contributed by atoms with Crippen molar-refractivity contribution >= 4 is 0 Å². The predicted octanol–water partition coefficient (Wildman–Crippen LogP) is 2.01. The van der Waals surface area contributed by atoms with Crippen LogP contribution in [0.3, 0.4) is 0 Å². The molecule has 0 aliphatic carbocycles. The van der Waals surface area contributed by atoms with Crippen LogP contribution in [0.5, 0.6) is 5.75 Å². The highest BCUT2D eigenvalue weighted by Gasteiger charge is 2.13. The van der Waals surface area contributed by atoms with E-state index in [9.17, 15) is 5.11 Å². The van der Waals surface area contributed by atoms with Gasteiger partial charge in [0.1, 0.15) is 17.9 Å². The van der Waals surface area contributed by atoms with Gasteiger partial charge in [0, 0.05) is 12.5 Å². The Labute approximate surface area is 119 Å². The van der Waals surface area contributed by atoms with Crippen molar-refractivity contribution in [2.45, 2.75) is 38.8 Å². The number of nitrogens with zero attached hydrogens (tertiary/aromatic N) is 3. The summed E-state index contributed by atoms with van der Waals surface area (Å²) in [6.45, 7) is 4.10. The van der Waals surface area contributed by atoms with E-state index in [0.717, 1.165) is 17.1 Å². The predicted molar refractivity (Wildman–Crippen MR) is 76.8 cm³/mol. The Kier molecular flexibility index (Phi) is 4.74. The van der Waals surface area contributed by atoms with Gasteiger partial charge >= 0.3 is 0 Å². The summed E-state index contributed by atoms with van der Waals surface area (Å²) in [4.78, 5) is 4.22. The van der Waals surface area contributed by atoms with Gasteiger partial charge in [0.15, 0.2) is 0 Å². The molecular formula is C15H21N3O2. The molecule has 5 nitrogen and oxygen atoms in total. The molecule has 0 saturated heterocycles. The zero-order chi connectivity index (χ0) is 14.5. The Morgan fingerprint density at radius 1 is 1.30 bits per heavy atom. The van der Waals surface area contributed by atoms with E-state index in [0.29, 0.717) is 12.8 Å². The Morgan fingerprint density at radius 3 is 2.80 bits per heavy atom. The molecule has 1 heterocycles. The van der Waals surface area contributed by atoms with Gasteiger partial charge in [-0.05, 0) is 38.0 Å². The third-order valence-corrected chi connectivity index (χ3v) is 3.16. The molecular weight excluding hydrogens is 254 g/mol. The lowest BCUT2D eigenvalue weighted by Crippen LogP contribution is -2.18. The average Bonchev–Trinajstić information content (AvgIpc) is 2.87. The van der Waals surface area contributed by atoms with E-state index >= 15 is 0 Å². The molecule has 0 bridgehead atoms. The first-order chi connectivity index (χ1) is 9.60. The SMILES string of the molecule is COc1cccc(CC(O)Cc2ncnn2C(C)C)c1. The second kappa shape index (κ2) is 6.52. The summed E-state index contributed by atoms with van der Waals surface area (Å²) in [6.07, 6.45) is 2.12. The lowest BCUT2D eigenvalue weighted by Gasteiger charge is -2.13. The fraction of sp³-hybridized carbons (Fsp3) is 0.467. The number of ether oxygens (including phenoxy) is 1. The maximum Gasteiger partial charge on any atom is 0.138 e. The minimum absolute atomic E-state index is 0.247. The first-order valence-corrected chi connectivity index (χ1v) is 6.79. The number of hydrogen-bond donors (Lipinski definition) is 1. The minimum Gasteiger partial charge on any atom is -0.497 e. The van der Waals surface area contributed by atoms with Crippen LogP contribution in [0, 0.1) is 0 Å². The molecule has 1 N–H and O–H groups in total. The average molecular weight is 275 g/mol. The molecule has 108 valence electrons. The van der Waals surface area contributed by atoms with Crippen LogP contribution in [0.2, 0.25) is 0 Å². The molecule has 0 fully saturated rings. The fourth-order valence-corrected chi connectivity index (χ4v) is 2.21. The molecule has 20 heavy (non-hydrogen) atoms. The molecule has 1 aromatic carbocycles. The molecule has 0 amide bonds. The van der Waals surface area contributed by atoms with Gasteiger partial charge < -0.3 is 9.84 Å². The van der Waals surface area contributed by atoms with E-state index in [1.807, 2.05) is 42.8 Å². The van der Waals surface area contributed by atoms with E-state index in [4.69, 9.17) is 4.74 Å². The van der Waals surface area contributed by atoms with E-state index < -0.39 is 6.10 Å². The van der Waals surface area contributed by atoms with Gasteiger partial charge in [-0.1, -0.05) is 12.1 Å². The van der Waals surface area contributed by atoms with Crippen molar-refractivity contribution in [2.75, 3.05) is 7.11 Å². The quantitative estimate of drug-likeness (QED) is 0.876. The molecule has 5 heteroatoms. The zero-order valence-electron chi connectivity index (χ0n) is 12.2. The number of aliphatic hydroxyl groups excluding tert-OH is 1. The standard InChI is InChI=1S/C15H21N3O2/c1-11(2)18-15(16-10-17-18)9-13(19)7-12-5-4-6-14(8-12)20-3/h4-6,8,10-11,13,19H,7,9H2,1-3H3. The Balaban J connectivity index is 2.01. The van der Waals surface area contributed by atoms with E-state index in [1.54, 1.807) is 7.11 Å². The third kappa shape index (κ3) is 3.57. The van der Waals surface area contributed by atoms with Crippen LogP contribution in [0.1, 0.15) is 31.3 Å². The second-order valence-corrected chi connectivity index (χ2v) is 5.13. The lowest BCUT2D eigenvalue weighted by atomic mass is 10.1. The van der Waals surface area contributed by atoms with Crippen LogP contribution in [0.25, 0.3) is 0 Å². The summed E-state index contributed by atoms with van der Waals surface area (Å²) in [7, 11) is 1.64. The Morgan fingerprint density at radius 2 is 2.10 bits per heavy atom. The normalized spacial score (nSPS) is 12.7. The number of benzene rings is 1. The van der Waals surface area contributed by atoms with Crippen molar-refractivity contribution in [3.05, 3.63) is 42.0 Å². The van der Waals surface area contributed by atoms with Crippen LogP contribution in [0.15, 0.2) is 30.6 Å². The summed E-state index contributed by atoms with van der Waals surface area (Å²) in [5, 5.41) is 14.4. The van der Waals surface area contributed by atoms with E-state index in [2.05, 4.69) is 10.1 Å². The Hall–Kier alpha value is -1.88. The van der Waals surface area contributed by atoms with Crippen molar-refractivity contribution in [3.63, 3.8) is 0 Å². The molecule has 0 aliphatic rings. The third-order valence-electron chi connectivity index (χ3n) is 3.16. The fourth-order valence-electron chi connectivity index (χ4n) is 2.21. The summed E-state index contributed by atoms with van der Waals surface area (Å²) in [6, 6.07) is 7.99. The lowest BCUT2D eigenvalue weighted by molar-refractivity contribution is 0.170. The summed E-state index contributed by atoms with van der Waals surface area (Å²) >= 11 is 0. The minimum atomic E-state index is -0.483. The van der Waals surface area contributed by atoms with Crippen LogP contribution < -0.4 is 4.74 Å². The van der Waals surface area contributed by atoms with Gasteiger partial charge in [-0.2, -0.15) is 5.10 Å². The van der Waals surface area contributed by atoms with Gasteiger partial charge in [-0.3, -0.25) is 0 Å². The van der Waals surface area contributed by atoms with Gasteiger partial charge in [0.25, 0.3) is 0 Å². The number of rotatable bonds is 6. The first-order valence-electron chi connectivity index (χ1n) is 6.79. The van der Waals surface area contributed by atoms with Gasteiger partial charge in [0.2, 0.25) is 0 Å². The van der Waals surface area contributed by atoms with Crippen LogP contribution >= 0.6 is 0 Å². The summed E-state index contributed by atoms with van der Waals surface area (Å²) < 4.78 is 7.03. The number of aliphatic hydroxyl groups is 1. The van der Waals surface area contributed by atoms with Crippen LogP contribution in [-0.2, 0) is 12.8 Å². The summed E-state index contributed by atoms with van der Waals surface area (Å²) in [5.41, 5.74) is 1.05. The van der Waals surface area contributed by atoms with Crippen molar-refractivity contribution in [3.8, 4) is 5.75 Å². The van der Waals surface area contributed by atoms with E-state index in [1.165, 1.54) is 6.33 Å². The molecule has 1 unspecified atom stereocenters. The molecule has 0 saturated carbocycles. The monoisotopic (exact) mass is 275 g/mol. The Bertz CT molecular complexity index is 552. The van der Waals surface area contributed by atoms with Crippen LogP contribution in [0.4, 0.5) is 0 Å². The maximum absolute atomic E-state index is 10.2.